The van der Waals surface area contributed by atoms with Gasteiger partial charge in [-0.3, -0.25) is 4.79 Å². The van der Waals surface area contributed by atoms with Crippen LogP contribution in [0.1, 0.15) is 30.1 Å². The number of ether oxygens (including phenoxy) is 1. The van der Waals surface area contributed by atoms with E-state index in [1.807, 2.05) is 6.92 Å². The van der Waals surface area contributed by atoms with E-state index in [1.165, 1.54) is 11.8 Å². The highest BCUT2D eigenvalue weighted by molar-refractivity contribution is 7.99. The maximum Gasteiger partial charge on any atom is 0.338 e. The molecule has 0 unspecified atom stereocenters. The van der Waals surface area contributed by atoms with Crippen molar-refractivity contribution in [2.24, 2.45) is 0 Å². The van der Waals surface area contributed by atoms with Gasteiger partial charge in [0.05, 0.1) is 17.9 Å². The lowest BCUT2D eigenvalue weighted by atomic mass is 10.2. The van der Waals surface area contributed by atoms with Crippen LogP contribution in [0.25, 0.3) is 11.1 Å². The second-order valence-corrected chi connectivity index (χ2v) is 7.36. The number of thioether (sulfide) groups is 1. The van der Waals surface area contributed by atoms with Gasteiger partial charge in [0.1, 0.15) is 5.52 Å². The van der Waals surface area contributed by atoms with E-state index in [0.29, 0.717) is 39.2 Å². The number of amides is 1. The molecule has 1 heterocycles. The van der Waals surface area contributed by atoms with E-state index in [-0.39, 0.29) is 17.6 Å². The summed E-state index contributed by atoms with van der Waals surface area (Å²) >= 11 is 7.12. The van der Waals surface area contributed by atoms with E-state index in [9.17, 15) is 9.59 Å². The highest BCUT2D eigenvalue weighted by atomic mass is 35.5. The Morgan fingerprint density at radius 3 is 2.75 bits per heavy atom. The molecule has 1 N–H and O–H groups in total. The fraction of sp³-hybridized carbons (Fsp3) is 0.250. The van der Waals surface area contributed by atoms with Crippen molar-refractivity contribution in [3.05, 3.63) is 53.1 Å². The van der Waals surface area contributed by atoms with Crippen LogP contribution in [0.4, 0.5) is 5.69 Å². The lowest BCUT2D eigenvalue weighted by Crippen LogP contribution is -2.14. The molecule has 146 valence electrons. The van der Waals surface area contributed by atoms with Gasteiger partial charge in [0, 0.05) is 10.7 Å². The van der Waals surface area contributed by atoms with Gasteiger partial charge in [-0.1, -0.05) is 36.7 Å². The molecule has 1 amide bonds. The quantitative estimate of drug-likeness (QED) is 0.309. The van der Waals surface area contributed by atoms with Crippen molar-refractivity contribution in [3.8, 4) is 0 Å². The lowest BCUT2D eigenvalue weighted by Gasteiger charge is -2.06. The largest absolute Gasteiger partial charge is 0.462 e. The zero-order valence-electron chi connectivity index (χ0n) is 15.2. The van der Waals surface area contributed by atoms with Crippen LogP contribution in [0.5, 0.6) is 0 Å². The van der Waals surface area contributed by atoms with Gasteiger partial charge in [-0.05, 0) is 48.9 Å². The van der Waals surface area contributed by atoms with E-state index in [4.69, 9.17) is 20.8 Å². The number of fused-ring (bicyclic) bond motifs is 1. The van der Waals surface area contributed by atoms with Gasteiger partial charge in [-0.15, -0.1) is 0 Å². The predicted octanol–water partition coefficient (Wildman–Crippen LogP) is 5.17. The van der Waals surface area contributed by atoms with E-state index in [1.54, 1.807) is 42.5 Å². The maximum absolute atomic E-state index is 12.1. The fourth-order valence-corrected chi connectivity index (χ4v) is 3.15. The molecule has 0 spiro atoms. The van der Waals surface area contributed by atoms with Crippen LogP contribution in [0.15, 0.2) is 52.1 Å². The number of unbranched alkanes of at least 4 members (excludes halogenated alkanes) is 1. The molecule has 1 aromatic heterocycles. The van der Waals surface area contributed by atoms with E-state index >= 15 is 0 Å². The number of rotatable bonds is 8. The molecule has 0 atom stereocenters. The molecule has 0 saturated carbocycles. The summed E-state index contributed by atoms with van der Waals surface area (Å²) in [6.45, 7) is 2.44. The van der Waals surface area contributed by atoms with Crippen LogP contribution in [-0.4, -0.2) is 29.2 Å². The molecule has 0 fully saturated rings. The smallest absolute Gasteiger partial charge is 0.338 e. The summed E-state index contributed by atoms with van der Waals surface area (Å²) in [5, 5.41) is 3.75. The van der Waals surface area contributed by atoms with Crippen molar-refractivity contribution in [2.45, 2.75) is 25.0 Å². The monoisotopic (exact) mass is 418 g/mol. The van der Waals surface area contributed by atoms with E-state index in [2.05, 4.69) is 10.3 Å². The van der Waals surface area contributed by atoms with Crippen LogP contribution >= 0.6 is 23.4 Å². The lowest BCUT2D eigenvalue weighted by molar-refractivity contribution is -0.113. The summed E-state index contributed by atoms with van der Waals surface area (Å²) in [5.41, 5.74) is 2.32. The molecular formula is C20H19ClN2O4S. The van der Waals surface area contributed by atoms with E-state index in [0.717, 1.165) is 12.8 Å². The Bertz CT molecular complexity index is 972. The highest BCUT2D eigenvalue weighted by Gasteiger charge is 2.11. The molecule has 6 nitrogen and oxygen atoms in total. The van der Waals surface area contributed by atoms with Gasteiger partial charge >= 0.3 is 5.97 Å². The second-order valence-electron chi connectivity index (χ2n) is 6.00. The predicted molar refractivity (Wildman–Crippen MR) is 110 cm³/mol. The van der Waals surface area contributed by atoms with Crippen molar-refractivity contribution in [1.29, 1.82) is 0 Å². The number of nitrogens with one attached hydrogen (secondary N) is 1. The third-order valence-electron chi connectivity index (χ3n) is 3.79. The van der Waals surface area contributed by atoms with Crippen LogP contribution in [0.2, 0.25) is 5.02 Å². The Kier molecular flexibility index (Phi) is 6.95. The molecule has 8 heteroatoms. The number of anilines is 1. The van der Waals surface area contributed by atoms with Gasteiger partial charge in [0.15, 0.2) is 5.58 Å². The SMILES string of the molecule is CCCCOC(=O)c1ccc(NC(=O)CSc2nc3cc(Cl)ccc3o2)cc1. The summed E-state index contributed by atoms with van der Waals surface area (Å²) < 4.78 is 10.7. The standard InChI is InChI=1S/C20H19ClN2O4S/c1-2-3-10-26-19(25)13-4-7-15(8-5-13)22-18(24)12-28-20-23-16-11-14(21)6-9-17(16)27-20/h4-9,11H,2-3,10,12H2,1H3,(H,22,24). The molecule has 0 saturated heterocycles. The molecule has 0 aliphatic rings. The number of oxazole rings is 1. The highest BCUT2D eigenvalue weighted by Crippen LogP contribution is 2.25. The minimum absolute atomic E-state index is 0.140. The number of carbonyl (C=O) groups excluding carboxylic acids is 2. The molecule has 28 heavy (non-hydrogen) atoms. The first-order valence-corrected chi connectivity index (χ1v) is 10.2. The number of halogens is 1. The van der Waals surface area contributed by atoms with Crippen molar-refractivity contribution >= 4 is 52.0 Å². The Labute approximate surface area is 171 Å². The van der Waals surface area contributed by atoms with Gasteiger partial charge in [-0.25, -0.2) is 9.78 Å². The molecule has 0 aliphatic heterocycles. The third kappa shape index (κ3) is 5.50. The summed E-state index contributed by atoms with van der Waals surface area (Å²) in [6.07, 6.45) is 1.80. The maximum atomic E-state index is 12.1. The Morgan fingerprint density at radius 1 is 1.21 bits per heavy atom. The summed E-state index contributed by atoms with van der Waals surface area (Å²) in [4.78, 5) is 28.3. The normalized spacial score (nSPS) is 10.8. The minimum Gasteiger partial charge on any atom is -0.462 e. The van der Waals surface area contributed by atoms with Gasteiger partial charge in [0.25, 0.3) is 5.22 Å². The van der Waals surface area contributed by atoms with Gasteiger partial charge in [-0.2, -0.15) is 0 Å². The number of benzene rings is 2. The van der Waals surface area contributed by atoms with Crippen LogP contribution in [-0.2, 0) is 9.53 Å². The molecule has 0 radical (unpaired) electrons. The average molecular weight is 419 g/mol. The van der Waals surface area contributed by atoms with E-state index < -0.39 is 0 Å². The summed E-state index contributed by atoms with van der Waals surface area (Å²) in [7, 11) is 0. The van der Waals surface area contributed by atoms with Crippen LogP contribution < -0.4 is 5.32 Å². The number of esters is 1. The summed E-state index contributed by atoms with van der Waals surface area (Å²) in [5.74, 6) is -0.428. The number of carbonyl (C=O) groups is 2. The first kappa shape index (κ1) is 20.2. The fourth-order valence-electron chi connectivity index (χ4n) is 2.35. The Hall–Kier alpha value is -2.51. The number of hydrogen-bond donors (Lipinski definition) is 1. The molecule has 0 aliphatic carbocycles. The van der Waals surface area contributed by atoms with Crippen molar-refractivity contribution < 1.29 is 18.7 Å². The molecule has 3 aromatic rings. The third-order valence-corrected chi connectivity index (χ3v) is 4.86. The van der Waals surface area contributed by atoms with Crippen molar-refractivity contribution in [3.63, 3.8) is 0 Å². The van der Waals surface area contributed by atoms with Gasteiger partial charge < -0.3 is 14.5 Å². The van der Waals surface area contributed by atoms with Crippen molar-refractivity contribution in [2.75, 3.05) is 17.7 Å². The first-order chi connectivity index (χ1) is 13.5. The van der Waals surface area contributed by atoms with Crippen LogP contribution in [0, 0.1) is 0 Å². The molecular weight excluding hydrogens is 400 g/mol. The summed E-state index contributed by atoms with van der Waals surface area (Å²) in [6, 6.07) is 11.8. The average Bonchev–Trinajstić information content (AvgIpc) is 3.09. The zero-order valence-corrected chi connectivity index (χ0v) is 16.8. The molecule has 0 bridgehead atoms. The Morgan fingerprint density at radius 2 is 2.00 bits per heavy atom. The number of aromatic nitrogens is 1. The number of hydrogen-bond acceptors (Lipinski definition) is 6. The molecule has 2 aromatic carbocycles. The topological polar surface area (TPSA) is 81.4 Å². The number of nitrogens with zero attached hydrogens (tertiary/aromatic N) is 1. The van der Waals surface area contributed by atoms with Crippen molar-refractivity contribution in [1.82, 2.24) is 4.98 Å². The van der Waals surface area contributed by atoms with Gasteiger partial charge in [0.2, 0.25) is 5.91 Å². The zero-order chi connectivity index (χ0) is 19.9. The van der Waals surface area contributed by atoms with Crippen LogP contribution in [0.3, 0.4) is 0 Å². The first-order valence-electron chi connectivity index (χ1n) is 8.81. The second kappa shape index (κ2) is 9.61. The molecule has 3 rings (SSSR count). The Balaban J connectivity index is 1.50. The minimum atomic E-state index is -0.363.